The van der Waals surface area contributed by atoms with Crippen molar-refractivity contribution in [2.24, 2.45) is 0 Å². The Bertz CT molecular complexity index is 1160. The summed E-state index contributed by atoms with van der Waals surface area (Å²) in [7, 11) is 0. The van der Waals surface area contributed by atoms with Gasteiger partial charge in [0.1, 0.15) is 10.8 Å². The van der Waals surface area contributed by atoms with E-state index in [1.165, 1.54) is 17.8 Å². The van der Waals surface area contributed by atoms with Gasteiger partial charge >= 0.3 is 5.69 Å². The Kier molecular flexibility index (Phi) is 5.56. The van der Waals surface area contributed by atoms with Gasteiger partial charge in [-0.1, -0.05) is 35.5 Å². The van der Waals surface area contributed by atoms with Crippen LogP contribution in [0, 0.1) is 12.7 Å². The molecule has 1 aliphatic carbocycles. The smallest absolute Gasteiger partial charge is 0.293 e. The second kappa shape index (κ2) is 8.13. The number of fused-ring (bicyclic) bond motifs is 1. The van der Waals surface area contributed by atoms with Crippen LogP contribution in [0.4, 0.5) is 4.39 Å². The molecule has 0 N–H and O–H groups in total. The van der Waals surface area contributed by atoms with Crippen LogP contribution in [-0.2, 0) is 12.8 Å². The number of benzene rings is 2. The summed E-state index contributed by atoms with van der Waals surface area (Å²) in [6, 6.07) is 11.6. The summed E-state index contributed by atoms with van der Waals surface area (Å²) in [6.07, 6.45) is 2.52. The van der Waals surface area contributed by atoms with E-state index in [1.54, 1.807) is 47.9 Å². The van der Waals surface area contributed by atoms with Gasteiger partial charge in [-0.15, -0.1) is 0 Å². The quantitative estimate of drug-likeness (QED) is 0.333. The molecule has 0 unspecified atom stereocenters. The molecule has 29 heavy (non-hydrogen) atoms. The van der Waals surface area contributed by atoms with Crippen molar-refractivity contribution >= 4 is 29.1 Å². The molecule has 0 fully saturated rings. The fraction of sp³-hybridized carbons (Fsp3) is 0.227. The van der Waals surface area contributed by atoms with Crippen molar-refractivity contribution < 1.29 is 9.18 Å². The van der Waals surface area contributed by atoms with Crippen LogP contribution in [0.5, 0.6) is 0 Å². The number of hydrogen-bond donors (Lipinski definition) is 0. The third kappa shape index (κ3) is 4.00. The summed E-state index contributed by atoms with van der Waals surface area (Å²) < 4.78 is 15.4. The number of aromatic nitrogens is 2. The average Bonchev–Trinajstić information content (AvgIpc) is 3.18. The zero-order valence-corrected chi connectivity index (χ0v) is 17.3. The lowest BCUT2D eigenvalue weighted by Crippen LogP contribution is -2.26. The molecule has 0 amide bonds. The van der Waals surface area contributed by atoms with Crippen molar-refractivity contribution in [1.82, 2.24) is 9.55 Å². The highest BCUT2D eigenvalue weighted by Crippen LogP contribution is 2.31. The normalized spacial score (nSPS) is 12.8. The van der Waals surface area contributed by atoms with Gasteiger partial charge in [-0.3, -0.25) is 9.36 Å². The van der Waals surface area contributed by atoms with Crippen molar-refractivity contribution in [3.05, 3.63) is 86.2 Å². The van der Waals surface area contributed by atoms with Gasteiger partial charge in [0.25, 0.3) is 0 Å². The van der Waals surface area contributed by atoms with Crippen molar-refractivity contribution in [2.45, 2.75) is 31.2 Å². The minimum absolute atomic E-state index is 0.104. The molecule has 4 nitrogen and oxygen atoms in total. The molecule has 4 rings (SSSR count). The highest BCUT2D eigenvalue weighted by Gasteiger charge is 2.23. The first kappa shape index (κ1) is 19.9. The van der Waals surface area contributed by atoms with Gasteiger partial charge in [0.2, 0.25) is 0 Å². The number of thioether (sulfide) groups is 1. The lowest BCUT2D eigenvalue weighted by atomic mass is 10.1. The number of carbonyl (C=O) groups excluding carboxylic acids is 1. The van der Waals surface area contributed by atoms with E-state index >= 15 is 0 Å². The third-order valence-corrected chi connectivity index (χ3v) is 6.29. The van der Waals surface area contributed by atoms with Crippen LogP contribution in [0.15, 0.2) is 52.3 Å². The Balaban J connectivity index is 1.62. The second-order valence-corrected chi connectivity index (χ2v) is 8.37. The number of halogens is 2. The first-order chi connectivity index (χ1) is 13.9. The van der Waals surface area contributed by atoms with E-state index in [1.807, 2.05) is 0 Å². The van der Waals surface area contributed by atoms with Crippen molar-refractivity contribution in [3.63, 3.8) is 0 Å². The van der Waals surface area contributed by atoms with E-state index in [-0.39, 0.29) is 17.2 Å². The highest BCUT2D eigenvalue weighted by atomic mass is 35.5. The van der Waals surface area contributed by atoms with Gasteiger partial charge < -0.3 is 0 Å². The number of rotatable bonds is 5. The van der Waals surface area contributed by atoms with Crippen LogP contribution in [0.2, 0.25) is 5.02 Å². The molecule has 1 aromatic heterocycles. The maximum atomic E-state index is 13.7. The Morgan fingerprint density at radius 3 is 2.69 bits per heavy atom. The summed E-state index contributed by atoms with van der Waals surface area (Å²) in [5.41, 5.74) is 3.12. The first-order valence-electron chi connectivity index (χ1n) is 9.27. The van der Waals surface area contributed by atoms with Gasteiger partial charge in [0.05, 0.1) is 11.4 Å². The second-order valence-electron chi connectivity index (χ2n) is 6.97. The number of carbonyl (C=O) groups is 1. The van der Waals surface area contributed by atoms with Crippen LogP contribution >= 0.6 is 23.4 Å². The van der Waals surface area contributed by atoms with Gasteiger partial charge in [-0.2, -0.15) is 4.98 Å². The number of aryl methyl sites for hydroxylation is 1. The zero-order chi connectivity index (χ0) is 20.5. The molecule has 0 radical (unpaired) electrons. The molecule has 0 bridgehead atoms. The largest absolute Gasteiger partial charge is 0.353 e. The van der Waals surface area contributed by atoms with Crippen LogP contribution in [0.25, 0.3) is 5.69 Å². The molecule has 0 saturated carbocycles. The number of hydrogen-bond acceptors (Lipinski definition) is 4. The Morgan fingerprint density at radius 2 is 1.97 bits per heavy atom. The van der Waals surface area contributed by atoms with Crippen LogP contribution in [0.1, 0.15) is 33.6 Å². The molecular formula is C22H18ClFN2O2S. The Hall–Kier alpha value is -2.44. The topological polar surface area (TPSA) is 52.0 Å². The summed E-state index contributed by atoms with van der Waals surface area (Å²) in [5.74, 6) is -0.485. The van der Waals surface area contributed by atoms with Crippen LogP contribution in [-0.4, -0.2) is 21.1 Å². The van der Waals surface area contributed by atoms with Gasteiger partial charge in [-0.25, -0.2) is 9.18 Å². The molecule has 1 aliphatic rings. The predicted octanol–water partition coefficient (Wildman–Crippen LogP) is 4.80. The Morgan fingerprint density at radius 1 is 1.21 bits per heavy atom. The lowest BCUT2D eigenvalue weighted by molar-refractivity contribution is 0.102. The third-order valence-electron chi connectivity index (χ3n) is 5.02. The molecular weight excluding hydrogens is 411 g/mol. The van der Waals surface area contributed by atoms with Gasteiger partial charge in [-0.05, 0) is 62.1 Å². The van der Waals surface area contributed by atoms with Gasteiger partial charge in [0, 0.05) is 21.8 Å². The zero-order valence-electron chi connectivity index (χ0n) is 15.7. The fourth-order valence-corrected chi connectivity index (χ4v) is 4.58. The molecule has 0 saturated heterocycles. The van der Waals surface area contributed by atoms with Crippen molar-refractivity contribution in [1.29, 1.82) is 0 Å². The Labute approximate surface area is 176 Å². The fourth-order valence-electron chi connectivity index (χ4n) is 3.48. The monoisotopic (exact) mass is 428 g/mol. The average molecular weight is 429 g/mol. The molecule has 3 aromatic rings. The van der Waals surface area contributed by atoms with Crippen molar-refractivity contribution in [2.75, 3.05) is 5.75 Å². The molecule has 0 spiro atoms. The lowest BCUT2D eigenvalue weighted by Gasteiger charge is -2.14. The summed E-state index contributed by atoms with van der Waals surface area (Å²) in [6.45, 7) is 1.65. The summed E-state index contributed by atoms with van der Waals surface area (Å²) in [5, 5.41) is 1.19. The van der Waals surface area contributed by atoms with E-state index in [9.17, 15) is 14.0 Å². The van der Waals surface area contributed by atoms with E-state index in [0.717, 1.165) is 36.2 Å². The van der Waals surface area contributed by atoms with Crippen LogP contribution in [0.3, 0.4) is 0 Å². The van der Waals surface area contributed by atoms with E-state index < -0.39 is 5.82 Å². The summed E-state index contributed by atoms with van der Waals surface area (Å²) >= 11 is 7.20. The molecule has 1 heterocycles. The van der Waals surface area contributed by atoms with E-state index in [4.69, 9.17) is 11.6 Å². The maximum Gasteiger partial charge on any atom is 0.353 e. The minimum Gasteiger partial charge on any atom is -0.293 e. The SMILES string of the molecule is Cc1ccc(C(=O)CSc2nc(=O)n(-c3ccc(Cl)cc3)c3c2CCC3)cc1F. The number of Topliss-reactive ketones (excluding diaryl/α,β-unsaturated/α-hetero) is 1. The molecule has 2 aromatic carbocycles. The molecule has 7 heteroatoms. The van der Waals surface area contributed by atoms with Gasteiger partial charge in [0.15, 0.2) is 5.78 Å². The predicted molar refractivity (Wildman–Crippen MR) is 113 cm³/mol. The summed E-state index contributed by atoms with van der Waals surface area (Å²) in [4.78, 5) is 29.5. The number of nitrogens with zero attached hydrogens (tertiary/aromatic N) is 2. The van der Waals surface area contributed by atoms with Crippen LogP contribution < -0.4 is 5.69 Å². The van der Waals surface area contributed by atoms with E-state index in [2.05, 4.69) is 4.98 Å². The van der Waals surface area contributed by atoms with Crippen molar-refractivity contribution in [3.8, 4) is 5.69 Å². The molecule has 0 aliphatic heterocycles. The minimum atomic E-state index is -0.398. The molecule has 0 atom stereocenters. The number of ketones is 1. The maximum absolute atomic E-state index is 13.7. The highest BCUT2D eigenvalue weighted by molar-refractivity contribution is 8.00. The first-order valence-corrected chi connectivity index (χ1v) is 10.6. The molecule has 148 valence electrons. The van der Waals surface area contributed by atoms with E-state index in [0.29, 0.717) is 21.2 Å². The standard InChI is InChI=1S/C22H18ClFN2O2S/c1-13-5-6-14(11-18(13)24)20(27)12-29-21-17-3-2-4-19(17)26(22(28)25-21)16-9-7-15(23)8-10-16/h5-11H,2-4,12H2,1H3.